The molecule has 0 aromatic heterocycles. The van der Waals surface area contributed by atoms with Gasteiger partial charge in [-0.15, -0.1) is 0 Å². The maximum atomic E-state index is 13.5. The highest BCUT2D eigenvalue weighted by Gasteiger charge is 2.59. The number of carbonyl (C=O) groups excluding carboxylic acids is 1. The van der Waals surface area contributed by atoms with Gasteiger partial charge >= 0.3 is 0 Å². The quantitative estimate of drug-likeness (QED) is 0.369. The van der Waals surface area contributed by atoms with Crippen molar-refractivity contribution in [2.75, 3.05) is 13.7 Å². The summed E-state index contributed by atoms with van der Waals surface area (Å²) < 4.78 is 11.1. The number of fused-ring (bicyclic) bond motifs is 5. The molecule has 35 heavy (non-hydrogen) atoms. The summed E-state index contributed by atoms with van der Waals surface area (Å²) in [5.74, 6) is 3.81. The van der Waals surface area contributed by atoms with Crippen LogP contribution in [0.25, 0.3) is 6.08 Å². The smallest absolute Gasteiger partial charge is 0.161 e. The Labute approximate surface area is 210 Å². The van der Waals surface area contributed by atoms with Crippen LogP contribution < -0.4 is 9.47 Å². The third-order valence-electron chi connectivity index (χ3n) is 10.3. The van der Waals surface area contributed by atoms with E-state index in [0.717, 1.165) is 49.8 Å². The maximum Gasteiger partial charge on any atom is 0.161 e. The number of carbonyl (C=O) groups is 1. The fourth-order valence-electron chi connectivity index (χ4n) is 8.47. The van der Waals surface area contributed by atoms with E-state index in [-0.39, 0.29) is 28.6 Å². The van der Waals surface area contributed by atoms with Crippen LogP contribution in [0.5, 0.6) is 11.5 Å². The molecule has 1 N–H and O–H groups in total. The van der Waals surface area contributed by atoms with Crippen LogP contribution in [0.2, 0.25) is 0 Å². The Kier molecular flexibility index (Phi) is 6.63. The molecule has 0 amide bonds. The number of rotatable bonds is 6. The lowest BCUT2D eigenvalue weighted by molar-refractivity contribution is -0.124. The molecule has 190 valence electrons. The van der Waals surface area contributed by atoms with Crippen molar-refractivity contribution in [2.45, 2.75) is 78.2 Å². The number of hydrogen-bond acceptors (Lipinski definition) is 4. The van der Waals surface area contributed by atoms with Gasteiger partial charge in [-0.05, 0) is 111 Å². The van der Waals surface area contributed by atoms with E-state index >= 15 is 0 Å². The summed E-state index contributed by atoms with van der Waals surface area (Å²) in [5, 5.41) is 10.2. The van der Waals surface area contributed by atoms with Crippen LogP contribution in [0.15, 0.2) is 35.9 Å². The van der Waals surface area contributed by atoms with Crippen molar-refractivity contribution in [2.24, 2.45) is 34.5 Å². The Morgan fingerprint density at radius 1 is 1.11 bits per heavy atom. The summed E-state index contributed by atoms with van der Waals surface area (Å²) in [7, 11) is 1.64. The van der Waals surface area contributed by atoms with Gasteiger partial charge < -0.3 is 14.6 Å². The second-order valence-corrected chi connectivity index (χ2v) is 11.9. The second kappa shape index (κ2) is 9.42. The van der Waals surface area contributed by atoms with Gasteiger partial charge in [-0.1, -0.05) is 37.6 Å². The molecule has 0 heterocycles. The van der Waals surface area contributed by atoms with Crippen molar-refractivity contribution < 1.29 is 19.4 Å². The van der Waals surface area contributed by atoms with Gasteiger partial charge in [0.2, 0.25) is 0 Å². The zero-order valence-corrected chi connectivity index (χ0v) is 21.9. The van der Waals surface area contributed by atoms with Crippen LogP contribution in [-0.2, 0) is 4.79 Å². The van der Waals surface area contributed by atoms with Crippen LogP contribution in [-0.4, -0.2) is 30.7 Å². The first kappa shape index (κ1) is 24.6. The Morgan fingerprint density at radius 2 is 1.94 bits per heavy atom. The van der Waals surface area contributed by atoms with E-state index < -0.39 is 0 Å². The lowest BCUT2D eigenvalue weighted by Gasteiger charge is -2.57. The first-order valence-corrected chi connectivity index (χ1v) is 13.7. The topological polar surface area (TPSA) is 55.8 Å². The molecule has 0 radical (unpaired) electrons. The molecular weight excluding hydrogens is 436 g/mol. The van der Waals surface area contributed by atoms with Gasteiger partial charge in [0.1, 0.15) is 0 Å². The fourth-order valence-corrected chi connectivity index (χ4v) is 8.47. The minimum absolute atomic E-state index is 0.0922. The van der Waals surface area contributed by atoms with Crippen LogP contribution in [0.1, 0.15) is 77.7 Å². The number of allylic oxidation sites excluding steroid dienone is 2. The molecular formula is C31H42O4. The third kappa shape index (κ3) is 4.16. The lowest BCUT2D eigenvalue weighted by Crippen LogP contribution is -2.50. The Balaban J connectivity index is 1.32. The van der Waals surface area contributed by atoms with E-state index in [1.807, 2.05) is 37.3 Å². The van der Waals surface area contributed by atoms with E-state index in [2.05, 4.69) is 19.9 Å². The van der Waals surface area contributed by atoms with Crippen LogP contribution >= 0.6 is 0 Å². The predicted octanol–water partition coefficient (Wildman–Crippen LogP) is 6.62. The first-order valence-electron chi connectivity index (χ1n) is 13.7. The summed E-state index contributed by atoms with van der Waals surface area (Å²) in [6.07, 6.45) is 14.6. The molecule has 3 fully saturated rings. The molecule has 0 unspecified atom stereocenters. The van der Waals surface area contributed by atoms with Crippen molar-refractivity contribution in [3.05, 3.63) is 41.5 Å². The van der Waals surface area contributed by atoms with Gasteiger partial charge in [0.15, 0.2) is 17.3 Å². The Hall–Kier alpha value is -2.07. The van der Waals surface area contributed by atoms with Crippen LogP contribution in [0, 0.1) is 34.5 Å². The molecule has 0 saturated heterocycles. The second-order valence-electron chi connectivity index (χ2n) is 11.9. The highest BCUT2D eigenvalue weighted by molar-refractivity contribution is 5.96. The van der Waals surface area contributed by atoms with Gasteiger partial charge in [-0.2, -0.15) is 0 Å². The van der Waals surface area contributed by atoms with E-state index in [4.69, 9.17) is 9.47 Å². The number of aliphatic hydroxyl groups is 1. The molecule has 4 heteroatoms. The number of benzene rings is 1. The molecule has 5 rings (SSSR count). The minimum atomic E-state index is -0.157. The molecule has 4 aliphatic rings. The SMILES string of the molecule is CCOc1ccc(/C=C/C(=O)[C@H]2CC[C@H]3[C@@H]4CC=C5C[C@@H](O)CC[C@]5(C)[C@H]4CC[C@]23C)cc1OC. The van der Waals surface area contributed by atoms with Crippen molar-refractivity contribution >= 4 is 11.9 Å². The highest BCUT2D eigenvalue weighted by atomic mass is 16.5. The van der Waals surface area contributed by atoms with E-state index in [1.54, 1.807) is 7.11 Å². The van der Waals surface area contributed by atoms with Crippen LogP contribution in [0.3, 0.4) is 0 Å². The van der Waals surface area contributed by atoms with Crippen molar-refractivity contribution in [1.82, 2.24) is 0 Å². The summed E-state index contributed by atoms with van der Waals surface area (Å²) >= 11 is 0. The van der Waals surface area contributed by atoms with Gasteiger partial charge in [0.05, 0.1) is 19.8 Å². The molecule has 3 saturated carbocycles. The minimum Gasteiger partial charge on any atom is -0.493 e. The fraction of sp³-hybridized carbons (Fsp3) is 0.645. The van der Waals surface area contributed by atoms with Crippen molar-refractivity contribution in [3.8, 4) is 11.5 Å². The average Bonchev–Trinajstić information content (AvgIpc) is 3.21. The molecule has 4 nitrogen and oxygen atoms in total. The molecule has 0 bridgehead atoms. The average molecular weight is 479 g/mol. The van der Waals surface area contributed by atoms with Gasteiger partial charge in [0, 0.05) is 5.92 Å². The van der Waals surface area contributed by atoms with E-state index in [1.165, 1.54) is 18.4 Å². The van der Waals surface area contributed by atoms with E-state index in [0.29, 0.717) is 30.1 Å². The summed E-state index contributed by atoms with van der Waals surface area (Å²) in [4.78, 5) is 13.5. The Morgan fingerprint density at radius 3 is 2.71 bits per heavy atom. The molecule has 1 aromatic carbocycles. The molecule has 7 atom stereocenters. The number of ketones is 1. The monoisotopic (exact) mass is 478 g/mol. The summed E-state index contributed by atoms with van der Waals surface area (Å²) in [5.41, 5.74) is 2.81. The van der Waals surface area contributed by atoms with Crippen molar-refractivity contribution in [1.29, 1.82) is 0 Å². The van der Waals surface area contributed by atoms with Crippen LogP contribution in [0.4, 0.5) is 0 Å². The normalized spacial score (nSPS) is 38.3. The standard InChI is InChI=1S/C31H42O4/c1-5-35-28-13-7-20(18-29(28)34-4)6-12-27(33)26-11-10-24-23-9-8-21-19-22(32)14-16-30(21,2)25(23)15-17-31(24,26)3/h6-8,12-13,18,22-26,32H,5,9-11,14-17,19H2,1-4H3/b12-6+/t22-,23-,24-,25-,26+,30-,31-/m0/s1. The zero-order valence-electron chi connectivity index (χ0n) is 21.9. The largest absolute Gasteiger partial charge is 0.493 e. The molecule has 4 aliphatic carbocycles. The maximum absolute atomic E-state index is 13.5. The number of methoxy groups -OCH3 is 1. The van der Waals surface area contributed by atoms with E-state index in [9.17, 15) is 9.90 Å². The third-order valence-corrected chi connectivity index (χ3v) is 10.3. The first-order chi connectivity index (χ1) is 16.8. The summed E-state index contributed by atoms with van der Waals surface area (Å²) in [6.45, 7) is 7.42. The lowest BCUT2D eigenvalue weighted by atomic mass is 9.47. The van der Waals surface area contributed by atoms with Crippen molar-refractivity contribution in [3.63, 3.8) is 0 Å². The summed E-state index contributed by atoms with van der Waals surface area (Å²) in [6, 6.07) is 5.83. The number of ether oxygens (including phenoxy) is 2. The molecule has 0 spiro atoms. The molecule has 1 aromatic rings. The van der Waals surface area contributed by atoms with Gasteiger partial charge in [0.25, 0.3) is 0 Å². The van der Waals surface area contributed by atoms with Gasteiger partial charge in [-0.25, -0.2) is 0 Å². The predicted molar refractivity (Wildman–Crippen MR) is 139 cm³/mol. The van der Waals surface area contributed by atoms with Gasteiger partial charge in [-0.3, -0.25) is 4.79 Å². The number of aliphatic hydroxyl groups excluding tert-OH is 1. The highest BCUT2D eigenvalue weighted by Crippen LogP contribution is 2.66. The Bertz CT molecular complexity index is 1020. The molecule has 0 aliphatic heterocycles. The zero-order chi connectivity index (χ0) is 24.8. The number of hydrogen-bond donors (Lipinski definition) is 1.